The van der Waals surface area contributed by atoms with Crippen LogP contribution in [-0.2, 0) is 0 Å². The maximum atomic E-state index is 11.0. The van der Waals surface area contributed by atoms with E-state index in [4.69, 9.17) is 14.2 Å². The highest BCUT2D eigenvalue weighted by Crippen LogP contribution is 2.50. The number of ether oxygens (including phenoxy) is 3. The second-order valence-corrected chi connectivity index (χ2v) is 7.21. The van der Waals surface area contributed by atoms with Crippen molar-refractivity contribution in [1.29, 1.82) is 0 Å². The average molecular weight is 422 g/mol. The third-order valence-electron chi connectivity index (χ3n) is 4.78. The van der Waals surface area contributed by atoms with Crippen LogP contribution >= 0.6 is 0 Å². The summed E-state index contributed by atoms with van der Waals surface area (Å²) in [5, 5.41) is 31.3. The Morgan fingerprint density at radius 2 is 1.65 bits per heavy atom. The zero-order valence-electron chi connectivity index (χ0n) is 18.0. The topological polar surface area (TPSA) is 88.4 Å². The maximum Gasteiger partial charge on any atom is 0.170 e. The van der Waals surface area contributed by atoms with Crippen LogP contribution in [0.1, 0.15) is 13.8 Å². The SMILES string of the molecule is COc1cc(-c2cccc(O)c2)c(OC)c(O)c1-c1ccc(OCC=C(C)C)c(O)c1. The quantitative estimate of drug-likeness (QED) is 0.436. The molecule has 0 fully saturated rings. The summed E-state index contributed by atoms with van der Waals surface area (Å²) in [6.45, 7) is 4.28. The van der Waals surface area contributed by atoms with Crippen molar-refractivity contribution in [3.8, 4) is 56.8 Å². The Bertz CT molecular complexity index is 1110. The Morgan fingerprint density at radius 3 is 2.26 bits per heavy atom. The van der Waals surface area contributed by atoms with Gasteiger partial charge in [-0.3, -0.25) is 0 Å². The fraction of sp³-hybridized carbons (Fsp3) is 0.200. The van der Waals surface area contributed by atoms with Crippen LogP contribution in [0.5, 0.6) is 34.5 Å². The predicted octanol–water partition coefficient (Wildman–Crippen LogP) is 5.50. The molecule has 31 heavy (non-hydrogen) atoms. The van der Waals surface area contributed by atoms with E-state index >= 15 is 0 Å². The van der Waals surface area contributed by atoms with Crippen molar-refractivity contribution in [2.24, 2.45) is 0 Å². The van der Waals surface area contributed by atoms with Gasteiger partial charge < -0.3 is 29.5 Å². The van der Waals surface area contributed by atoms with Gasteiger partial charge >= 0.3 is 0 Å². The molecule has 0 saturated carbocycles. The van der Waals surface area contributed by atoms with E-state index in [0.717, 1.165) is 5.57 Å². The van der Waals surface area contributed by atoms with Crippen LogP contribution in [0.15, 0.2) is 60.2 Å². The first-order valence-electron chi connectivity index (χ1n) is 9.72. The Hall–Kier alpha value is -3.80. The highest BCUT2D eigenvalue weighted by molar-refractivity contribution is 5.88. The van der Waals surface area contributed by atoms with Crippen LogP contribution in [0.2, 0.25) is 0 Å². The first-order chi connectivity index (χ1) is 14.8. The van der Waals surface area contributed by atoms with E-state index in [1.165, 1.54) is 20.3 Å². The number of phenols is 3. The summed E-state index contributed by atoms with van der Waals surface area (Å²) in [5.74, 6) is 0.840. The molecule has 3 rings (SSSR count). The lowest BCUT2D eigenvalue weighted by atomic mass is 9.96. The van der Waals surface area contributed by atoms with E-state index in [1.54, 1.807) is 42.5 Å². The molecular weight excluding hydrogens is 396 g/mol. The molecule has 0 heterocycles. The molecule has 162 valence electrons. The Balaban J connectivity index is 2.09. The number of hydrogen-bond acceptors (Lipinski definition) is 6. The zero-order chi connectivity index (χ0) is 22.5. The van der Waals surface area contributed by atoms with Crippen molar-refractivity contribution < 1.29 is 29.5 Å². The van der Waals surface area contributed by atoms with Crippen molar-refractivity contribution in [2.75, 3.05) is 20.8 Å². The molecule has 0 amide bonds. The fourth-order valence-corrected chi connectivity index (χ4v) is 3.25. The third-order valence-corrected chi connectivity index (χ3v) is 4.78. The lowest BCUT2D eigenvalue weighted by Crippen LogP contribution is -1.97. The predicted molar refractivity (Wildman–Crippen MR) is 120 cm³/mol. The number of allylic oxidation sites excluding steroid dienone is 1. The number of hydrogen-bond donors (Lipinski definition) is 3. The zero-order valence-corrected chi connectivity index (χ0v) is 18.0. The summed E-state index contributed by atoms with van der Waals surface area (Å²) in [4.78, 5) is 0. The lowest BCUT2D eigenvalue weighted by molar-refractivity contribution is 0.335. The first kappa shape index (κ1) is 21.9. The maximum absolute atomic E-state index is 11.0. The molecule has 0 aliphatic rings. The molecule has 6 heteroatoms. The van der Waals surface area contributed by atoms with E-state index in [-0.39, 0.29) is 23.0 Å². The highest BCUT2D eigenvalue weighted by atomic mass is 16.5. The van der Waals surface area contributed by atoms with Crippen molar-refractivity contribution in [2.45, 2.75) is 13.8 Å². The third kappa shape index (κ3) is 4.69. The molecule has 3 N–H and O–H groups in total. The Kier molecular flexibility index (Phi) is 6.60. The molecule has 0 radical (unpaired) electrons. The van der Waals surface area contributed by atoms with Crippen LogP contribution in [0, 0.1) is 0 Å². The molecule has 0 aliphatic heterocycles. The lowest BCUT2D eigenvalue weighted by Gasteiger charge is -2.18. The molecule has 0 aromatic heterocycles. The van der Waals surface area contributed by atoms with Gasteiger partial charge in [0.2, 0.25) is 0 Å². The van der Waals surface area contributed by atoms with E-state index in [9.17, 15) is 15.3 Å². The molecule has 6 nitrogen and oxygen atoms in total. The van der Waals surface area contributed by atoms with Crippen molar-refractivity contribution in [1.82, 2.24) is 0 Å². The van der Waals surface area contributed by atoms with Gasteiger partial charge in [0.25, 0.3) is 0 Å². The van der Waals surface area contributed by atoms with Gasteiger partial charge in [-0.2, -0.15) is 0 Å². The summed E-state index contributed by atoms with van der Waals surface area (Å²) in [7, 11) is 2.95. The minimum atomic E-state index is -0.141. The Morgan fingerprint density at radius 1 is 0.871 bits per heavy atom. The molecular formula is C25H26O6. The monoisotopic (exact) mass is 422 g/mol. The summed E-state index contributed by atoms with van der Waals surface area (Å²) >= 11 is 0. The summed E-state index contributed by atoms with van der Waals surface area (Å²) < 4.78 is 16.6. The van der Waals surface area contributed by atoms with Gasteiger partial charge in [0, 0.05) is 5.56 Å². The molecule has 0 saturated heterocycles. The number of methoxy groups -OCH3 is 2. The van der Waals surface area contributed by atoms with Gasteiger partial charge in [-0.25, -0.2) is 0 Å². The molecule has 0 bridgehead atoms. The van der Waals surface area contributed by atoms with E-state index in [0.29, 0.717) is 40.4 Å². The Labute approximate surface area is 181 Å². The van der Waals surface area contributed by atoms with Crippen molar-refractivity contribution in [3.05, 3.63) is 60.2 Å². The summed E-state index contributed by atoms with van der Waals surface area (Å²) in [6, 6.07) is 13.2. The standard InChI is InChI=1S/C25H26O6/c1-15(2)10-11-31-21-9-8-17(13-20(21)27)23-22(29-3)14-19(25(30-4)24(23)28)16-6-5-7-18(26)12-16/h5-10,12-14,26-28H,11H2,1-4H3. The van der Waals surface area contributed by atoms with Gasteiger partial charge in [-0.1, -0.05) is 23.8 Å². The van der Waals surface area contributed by atoms with Gasteiger partial charge in [0.05, 0.1) is 19.8 Å². The molecule has 0 atom stereocenters. The number of rotatable bonds is 7. The van der Waals surface area contributed by atoms with Gasteiger partial charge in [0.1, 0.15) is 18.1 Å². The fourth-order valence-electron chi connectivity index (χ4n) is 3.25. The van der Waals surface area contributed by atoms with Gasteiger partial charge in [0.15, 0.2) is 23.0 Å². The van der Waals surface area contributed by atoms with E-state index in [2.05, 4.69) is 0 Å². The molecule has 3 aromatic rings. The van der Waals surface area contributed by atoms with Crippen LogP contribution in [0.3, 0.4) is 0 Å². The number of aromatic hydroxyl groups is 3. The second-order valence-electron chi connectivity index (χ2n) is 7.21. The minimum Gasteiger partial charge on any atom is -0.508 e. The van der Waals surface area contributed by atoms with Crippen molar-refractivity contribution >= 4 is 0 Å². The molecule has 0 spiro atoms. The van der Waals surface area contributed by atoms with E-state index < -0.39 is 0 Å². The number of phenolic OH excluding ortho intramolecular Hbond substituents is 3. The minimum absolute atomic E-state index is 0.0582. The van der Waals surface area contributed by atoms with Crippen molar-refractivity contribution in [3.63, 3.8) is 0 Å². The van der Waals surface area contributed by atoms with Crippen LogP contribution in [0.25, 0.3) is 22.3 Å². The smallest absolute Gasteiger partial charge is 0.170 e. The summed E-state index contributed by atoms with van der Waals surface area (Å²) in [5.41, 5.74) is 3.23. The molecule has 0 unspecified atom stereocenters. The second kappa shape index (κ2) is 9.34. The highest BCUT2D eigenvalue weighted by Gasteiger charge is 2.22. The number of benzene rings is 3. The average Bonchev–Trinajstić information content (AvgIpc) is 2.74. The van der Waals surface area contributed by atoms with Crippen LogP contribution in [-0.4, -0.2) is 36.1 Å². The molecule has 0 aliphatic carbocycles. The van der Waals surface area contributed by atoms with Gasteiger partial charge in [-0.15, -0.1) is 0 Å². The van der Waals surface area contributed by atoms with Crippen LogP contribution in [0.4, 0.5) is 0 Å². The van der Waals surface area contributed by atoms with E-state index in [1.807, 2.05) is 19.9 Å². The largest absolute Gasteiger partial charge is 0.508 e. The molecule has 3 aromatic carbocycles. The van der Waals surface area contributed by atoms with Gasteiger partial charge in [-0.05, 0) is 61.4 Å². The van der Waals surface area contributed by atoms with Crippen LogP contribution < -0.4 is 14.2 Å². The summed E-state index contributed by atoms with van der Waals surface area (Å²) in [6.07, 6.45) is 1.91. The normalized spacial score (nSPS) is 10.5. The first-order valence-corrected chi connectivity index (χ1v) is 9.72.